The maximum atomic E-state index is 13.5. The lowest BCUT2D eigenvalue weighted by Gasteiger charge is -2.34. The maximum Gasteiger partial charge on any atom is 0.224 e. The van der Waals surface area contributed by atoms with Gasteiger partial charge >= 0.3 is 0 Å². The molecule has 3 atom stereocenters. The number of carbonyl (C=O) groups excluding carboxylic acids is 1. The highest BCUT2D eigenvalue weighted by molar-refractivity contribution is 5.78. The van der Waals surface area contributed by atoms with E-state index in [2.05, 4.69) is 19.2 Å². The Kier molecular flexibility index (Phi) is 4.56. The number of carbonyl (C=O) groups is 1. The summed E-state index contributed by atoms with van der Waals surface area (Å²) in [7, 11) is 0. The lowest BCUT2D eigenvalue weighted by atomic mass is 9.78. The van der Waals surface area contributed by atoms with Crippen molar-refractivity contribution >= 4 is 5.91 Å². The summed E-state index contributed by atoms with van der Waals surface area (Å²) in [6.07, 6.45) is 3.57. The molecule has 0 radical (unpaired) electrons. The molecule has 104 valence electrons. The largest absolute Gasteiger partial charge is 0.353 e. The monoisotopic (exact) mass is 263 g/mol. The molecule has 3 heteroatoms. The minimum absolute atomic E-state index is 0.0731. The van der Waals surface area contributed by atoms with Crippen molar-refractivity contribution in [3.05, 3.63) is 35.6 Å². The third-order valence-electron chi connectivity index (χ3n) is 4.36. The molecular weight excluding hydrogens is 241 g/mol. The Bertz CT molecular complexity index is 446. The standard InChI is InChI=1S/C16H22FNO/c1-11-6-5-9-15(12(11)2)18-16(19)10-13-7-3-4-8-14(13)17/h3-4,7-8,11-12,15H,5-6,9-10H2,1-2H3,(H,18,19). The van der Waals surface area contributed by atoms with Gasteiger partial charge in [0.05, 0.1) is 6.42 Å². The number of hydrogen-bond donors (Lipinski definition) is 1. The van der Waals surface area contributed by atoms with Gasteiger partial charge in [-0.3, -0.25) is 4.79 Å². The molecule has 0 aromatic heterocycles. The third kappa shape index (κ3) is 3.55. The summed E-state index contributed by atoms with van der Waals surface area (Å²) >= 11 is 0. The molecule has 0 bridgehead atoms. The molecule has 1 saturated carbocycles. The molecule has 1 fully saturated rings. The number of amides is 1. The Labute approximate surface area is 114 Å². The summed E-state index contributed by atoms with van der Waals surface area (Å²) in [5.41, 5.74) is 0.469. The molecule has 1 aliphatic rings. The smallest absolute Gasteiger partial charge is 0.224 e. The van der Waals surface area contributed by atoms with Crippen LogP contribution in [0.5, 0.6) is 0 Å². The van der Waals surface area contributed by atoms with Crippen molar-refractivity contribution in [3.8, 4) is 0 Å². The summed E-state index contributed by atoms with van der Waals surface area (Å²) in [4.78, 5) is 12.0. The Balaban J connectivity index is 1.93. The second kappa shape index (κ2) is 6.18. The van der Waals surface area contributed by atoms with E-state index in [1.807, 2.05) is 0 Å². The Hall–Kier alpha value is -1.38. The number of hydrogen-bond acceptors (Lipinski definition) is 1. The van der Waals surface area contributed by atoms with Crippen LogP contribution in [0, 0.1) is 17.7 Å². The van der Waals surface area contributed by atoms with Crippen LogP contribution in [0.4, 0.5) is 4.39 Å². The number of halogens is 1. The van der Waals surface area contributed by atoms with E-state index in [4.69, 9.17) is 0 Å². The first-order valence-electron chi connectivity index (χ1n) is 7.10. The fourth-order valence-electron chi connectivity index (χ4n) is 2.86. The zero-order chi connectivity index (χ0) is 13.8. The number of rotatable bonds is 3. The molecule has 0 spiro atoms. The number of benzene rings is 1. The van der Waals surface area contributed by atoms with E-state index < -0.39 is 0 Å². The second-order valence-corrected chi connectivity index (χ2v) is 5.71. The van der Waals surface area contributed by atoms with Gasteiger partial charge in [-0.05, 0) is 29.9 Å². The van der Waals surface area contributed by atoms with E-state index in [-0.39, 0.29) is 24.2 Å². The van der Waals surface area contributed by atoms with Crippen LogP contribution in [-0.2, 0) is 11.2 Å². The van der Waals surface area contributed by atoms with Crippen molar-refractivity contribution in [2.45, 2.75) is 45.6 Å². The minimum Gasteiger partial charge on any atom is -0.353 e. The van der Waals surface area contributed by atoms with Crippen LogP contribution in [0.2, 0.25) is 0 Å². The lowest BCUT2D eigenvalue weighted by Crippen LogP contribution is -2.44. The predicted molar refractivity (Wildman–Crippen MR) is 74.2 cm³/mol. The van der Waals surface area contributed by atoms with Crippen molar-refractivity contribution in [1.29, 1.82) is 0 Å². The topological polar surface area (TPSA) is 29.1 Å². The Morgan fingerprint density at radius 1 is 1.32 bits per heavy atom. The van der Waals surface area contributed by atoms with Gasteiger partial charge in [0.15, 0.2) is 0 Å². The molecule has 3 unspecified atom stereocenters. The molecule has 1 aromatic rings. The average molecular weight is 263 g/mol. The van der Waals surface area contributed by atoms with Crippen LogP contribution in [0.15, 0.2) is 24.3 Å². The molecule has 0 heterocycles. The highest BCUT2D eigenvalue weighted by Gasteiger charge is 2.28. The average Bonchev–Trinajstić information content (AvgIpc) is 2.38. The van der Waals surface area contributed by atoms with E-state index >= 15 is 0 Å². The van der Waals surface area contributed by atoms with Crippen molar-refractivity contribution in [2.24, 2.45) is 11.8 Å². The van der Waals surface area contributed by atoms with Crippen LogP contribution in [0.25, 0.3) is 0 Å². The summed E-state index contributed by atoms with van der Waals surface area (Å²) in [5, 5.41) is 3.07. The van der Waals surface area contributed by atoms with E-state index in [1.54, 1.807) is 18.2 Å². The number of nitrogens with one attached hydrogen (secondary N) is 1. The first-order valence-corrected chi connectivity index (χ1v) is 7.10. The normalized spacial score (nSPS) is 27.0. The zero-order valence-corrected chi connectivity index (χ0v) is 11.7. The van der Waals surface area contributed by atoms with Crippen LogP contribution >= 0.6 is 0 Å². The first kappa shape index (κ1) is 14.0. The van der Waals surface area contributed by atoms with E-state index in [0.717, 1.165) is 12.8 Å². The van der Waals surface area contributed by atoms with Gasteiger partial charge in [-0.2, -0.15) is 0 Å². The fraction of sp³-hybridized carbons (Fsp3) is 0.562. The van der Waals surface area contributed by atoms with Crippen molar-refractivity contribution in [2.75, 3.05) is 0 Å². The van der Waals surface area contributed by atoms with Gasteiger partial charge in [0.1, 0.15) is 5.82 Å². The van der Waals surface area contributed by atoms with Crippen LogP contribution in [0.3, 0.4) is 0 Å². The van der Waals surface area contributed by atoms with Gasteiger partial charge in [-0.25, -0.2) is 4.39 Å². The van der Waals surface area contributed by atoms with Crippen LogP contribution in [0.1, 0.15) is 38.7 Å². The van der Waals surface area contributed by atoms with Crippen LogP contribution in [-0.4, -0.2) is 11.9 Å². The quantitative estimate of drug-likeness (QED) is 0.890. The van der Waals surface area contributed by atoms with Gasteiger partial charge < -0.3 is 5.32 Å². The van der Waals surface area contributed by atoms with Gasteiger partial charge in [-0.1, -0.05) is 44.9 Å². The van der Waals surface area contributed by atoms with Crippen molar-refractivity contribution < 1.29 is 9.18 Å². The van der Waals surface area contributed by atoms with E-state index in [9.17, 15) is 9.18 Å². The third-order valence-corrected chi connectivity index (χ3v) is 4.36. The van der Waals surface area contributed by atoms with Gasteiger partial charge in [0, 0.05) is 6.04 Å². The first-order chi connectivity index (χ1) is 9.08. The highest BCUT2D eigenvalue weighted by atomic mass is 19.1. The van der Waals surface area contributed by atoms with Crippen molar-refractivity contribution in [3.63, 3.8) is 0 Å². The fourth-order valence-corrected chi connectivity index (χ4v) is 2.86. The summed E-state index contributed by atoms with van der Waals surface area (Å²) in [6, 6.07) is 6.71. The van der Waals surface area contributed by atoms with Gasteiger partial charge in [0.25, 0.3) is 0 Å². The highest BCUT2D eigenvalue weighted by Crippen LogP contribution is 2.29. The Morgan fingerprint density at radius 3 is 2.79 bits per heavy atom. The molecule has 0 aliphatic heterocycles. The molecule has 1 aliphatic carbocycles. The summed E-state index contributed by atoms with van der Waals surface area (Å²) in [6.45, 7) is 4.43. The minimum atomic E-state index is -0.303. The van der Waals surface area contributed by atoms with E-state index in [1.165, 1.54) is 12.5 Å². The van der Waals surface area contributed by atoms with Gasteiger partial charge in [-0.15, -0.1) is 0 Å². The zero-order valence-electron chi connectivity index (χ0n) is 11.7. The molecule has 19 heavy (non-hydrogen) atoms. The molecule has 1 aromatic carbocycles. The second-order valence-electron chi connectivity index (χ2n) is 5.71. The lowest BCUT2D eigenvalue weighted by molar-refractivity contribution is -0.121. The summed E-state index contributed by atoms with van der Waals surface area (Å²) < 4.78 is 13.5. The SMILES string of the molecule is CC1CCCC(NC(=O)Cc2ccccc2F)C1C. The van der Waals surface area contributed by atoms with Gasteiger partial charge in [0.2, 0.25) is 5.91 Å². The molecule has 2 nitrogen and oxygen atoms in total. The molecular formula is C16H22FNO. The Morgan fingerprint density at radius 2 is 2.05 bits per heavy atom. The van der Waals surface area contributed by atoms with Crippen LogP contribution < -0.4 is 5.32 Å². The molecule has 0 saturated heterocycles. The van der Waals surface area contributed by atoms with Crippen molar-refractivity contribution in [1.82, 2.24) is 5.32 Å². The van der Waals surface area contributed by atoms with E-state index in [0.29, 0.717) is 17.4 Å². The molecule has 2 rings (SSSR count). The molecule has 1 amide bonds. The summed E-state index contributed by atoms with van der Waals surface area (Å²) in [5.74, 6) is 0.768. The predicted octanol–water partition coefficient (Wildman–Crippen LogP) is 3.31. The molecule has 1 N–H and O–H groups in total. The maximum absolute atomic E-state index is 13.5.